The Hall–Kier alpha value is -0.870. The Balaban J connectivity index is 1.84. The van der Waals surface area contributed by atoms with E-state index in [0.717, 1.165) is 43.1 Å². The molecule has 2 rings (SSSR count). The highest BCUT2D eigenvalue weighted by Crippen LogP contribution is 2.22. The highest BCUT2D eigenvalue weighted by molar-refractivity contribution is 9.10. The standard InChI is InChI=1S/C16H22BrNO2/c17-14-5-1-4-13(12-14)8-9-16(20)18-10-2-6-15(18)7-3-11-19/h1,4-5,12,15,19H,2-3,6-11H2. The summed E-state index contributed by atoms with van der Waals surface area (Å²) in [7, 11) is 0. The van der Waals surface area contributed by atoms with Crippen molar-refractivity contribution in [1.29, 1.82) is 0 Å². The molecule has 1 amide bonds. The molecular formula is C16H22BrNO2. The third-order valence-corrected chi connectivity index (χ3v) is 4.40. The second-order valence-corrected chi connectivity index (χ2v) is 6.29. The maximum Gasteiger partial charge on any atom is 0.223 e. The summed E-state index contributed by atoms with van der Waals surface area (Å²) >= 11 is 3.45. The van der Waals surface area contributed by atoms with Crippen molar-refractivity contribution >= 4 is 21.8 Å². The van der Waals surface area contributed by atoms with Crippen molar-refractivity contribution in [3.63, 3.8) is 0 Å². The van der Waals surface area contributed by atoms with Crippen LogP contribution in [0.4, 0.5) is 0 Å². The Bertz CT molecular complexity index is 450. The summed E-state index contributed by atoms with van der Waals surface area (Å²) in [5, 5.41) is 8.92. The number of aryl methyl sites for hydroxylation is 1. The number of aliphatic hydroxyl groups is 1. The zero-order chi connectivity index (χ0) is 14.4. The Morgan fingerprint density at radius 1 is 1.45 bits per heavy atom. The van der Waals surface area contributed by atoms with E-state index < -0.39 is 0 Å². The number of carbonyl (C=O) groups is 1. The Kier molecular flexibility index (Phi) is 6.05. The van der Waals surface area contributed by atoms with E-state index in [1.807, 2.05) is 17.0 Å². The third-order valence-electron chi connectivity index (χ3n) is 3.91. The first-order valence-electron chi connectivity index (χ1n) is 7.35. The molecule has 1 unspecified atom stereocenters. The Morgan fingerprint density at radius 3 is 3.05 bits per heavy atom. The molecule has 0 aromatic heterocycles. The molecule has 1 fully saturated rings. The molecule has 110 valence electrons. The lowest BCUT2D eigenvalue weighted by molar-refractivity contribution is -0.132. The van der Waals surface area contributed by atoms with Gasteiger partial charge < -0.3 is 10.0 Å². The second kappa shape index (κ2) is 7.79. The molecule has 1 aliphatic rings. The first kappa shape index (κ1) is 15.5. The van der Waals surface area contributed by atoms with Gasteiger partial charge in [-0.05, 0) is 49.8 Å². The highest BCUT2D eigenvalue weighted by Gasteiger charge is 2.27. The van der Waals surface area contributed by atoms with Gasteiger partial charge in [-0.2, -0.15) is 0 Å². The molecule has 0 radical (unpaired) electrons. The zero-order valence-corrected chi connectivity index (χ0v) is 13.3. The molecule has 0 aliphatic carbocycles. The van der Waals surface area contributed by atoms with Gasteiger partial charge in [0.1, 0.15) is 0 Å². The quantitative estimate of drug-likeness (QED) is 0.864. The molecule has 20 heavy (non-hydrogen) atoms. The topological polar surface area (TPSA) is 40.5 Å². The van der Waals surface area contributed by atoms with Gasteiger partial charge in [0.15, 0.2) is 0 Å². The molecule has 0 spiro atoms. The molecule has 1 N–H and O–H groups in total. The summed E-state index contributed by atoms with van der Waals surface area (Å²) in [6.07, 6.45) is 5.27. The van der Waals surface area contributed by atoms with Gasteiger partial charge in [0.25, 0.3) is 0 Å². The van der Waals surface area contributed by atoms with E-state index in [1.165, 1.54) is 5.56 Å². The van der Waals surface area contributed by atoms with Gasteiger partial charge >= 0.3 is 0 Å². The van der Waals surface area contributed by atoms with Crippen LogP contribution in [0, 0.1) is 0 Å². The number of carbonyl (C=O) groups excluding carboxylic acids is 1. The molecule has 1 atom stereocenters. The van der Waals surface area contributed by atoms with Gasteiger partial charge in [0.05, 0.1) is 0 Å². The second-order valence-electron chi connectivity index (χ2n) is 5.38. The van der Waals surface area contributed by atoms with Crippen LogP contribution in [0.15, 0.2) is 28.7 Å². The average Bonchev–Trinajstić information content (AvgIpc) is 2.91. The van der Waals surface area contributed by atoms with Gasteiger partial charge in [0.2, 0.25) is 5.91 Å². The van der Waals surface area contributed by atoms with E-state index in [9.17, 15) is 4.79 Å². The fourth-order valence-corrected chi connectivity index (χ4v) is 3.33. The minimum Gasteiger partial charge on any atom is -0.396 e. The molecule has 0 bridgehead atoms. The minimum atomic E-state index is 0.219. The van der Waals surface area contributed by atoms with E-state index in [0.29, 0.717) is 12.5 Å². The van der Waals surface area contributed by atoms with Crippen LogP contribution in [0.3, 0.4) is 0 Å². The van der Waals surface area contributed by atoms with Crippen LogP contribution in [0.1, 0.15) is 37.7 Å². The zero-order valence-electron chi connectivity index (χ0n) is 11.7. The molecule has 3 nitrogen and oxygen atoms in total. The number of amides is 1. The first-order valence-corrected chi connectivity index (χ1v) is 8.15. The van der Waals surface area contributed by atoms with Crippen LogP contribution >= 0.6 is 15.9 Å². The molecule has 0 saturated carbocycles. The number of rotatable bonds is 6. The van der Waals surface area contributed by atoms with Gasteiger partial charge in [-0.25, -0.2) is 0 Å². The lowest BCUT2D eigenvalue weighted by atomic mass is 10.1. The van der Waals surface area contributed by atoms with E-state index in [4.69, 9.17) is 5.11 Å². The molecule has 1 aliphatic heterocycles. The maximum atomic E-state index is 12.3. The highest BCUT2D eigenvalue weighted by atomic mass is 79.9. The number of aliphatic hydroxyl groups excluding tert-OH is 1. The molecule has 4 heteroatoms. The number of likely N-dealkylation sites (tertiary alicyclic amines) is 1. The maximum absolute atomic E-state index is 12.3. The van der Waals surface area contributed by atoms with Crippen LogP contribution in [-0.4, -0.2) is 35.1 Å². The van der Waals surface area contributed by atoms with E-state index >= 15 is 0 Å². The van der Waals surface area contributed by atoms with Crippen LogP contribution in [-0.2, 0) is 11.2 Å². The summed E-state index contributed by atoms with van der Waals surface area (Å²) < 4.78 is 1.06. The van der Waals surface area contributed by atoms with Crippen molar-refractivity contribution in [2.24, 2.45) is 0 Å². The summed E-state index contributed by atoms with van der Waals surface area (Å²) in [5.74, 6) is 0.255. The van der Waals surface area contributed by atoms with Crippen molar-refractivity contribution < 1.29 is 9.90 Å². The molecule has 1 aromatic carbocycles. The van der Waals surface area contributed by atoms with Crippen LogP contribution in [0.5, 0.6) is 0 Å². The number of halogens is 1. The van der Waals surface area contributed by atoms with E-state index in [1.54, 1.807) is 0 Å². The Labute approximate surface area is 129 Å². The molecule has 1 aromatic rings. The SMILES string of the molecule is O=C(CCc1cccc(Br)c1)N1CCCC1CCCO. The van der Waals surface area contributed by atoms with Gasteiger partial charge in [-0.3, -0.25) is 4.79 Å². The van der Waals surface area contributed by atoms with Crippen LogP contribution in [0.2, 0.25) is 0 Å². The lowest BCUT2D eigenvalue weighted by Gasteiger charge is -2.24. The predicted molar refractivity (Wildman–Crippen MR) is 83.5 cm³/mol. The first-order chi connectivity index (χ1) is 9.70. The summed E-state index contributed by atoms with van der Waals surface area (Å²) in [4.78, 5) is 14.4. The molecular weight excluding hydrogens is 318 g/mol. The van der Waals surface area contributed by atoms with Gasteiger partial charge in [-0.15, -0.1) is 0 Å². The van der Waals surface area contributed by atoms with Gasteiger partial charge in [0, 0.05) is 30.1 Å². The van der Waals surface area contributed by atoms with Crippen molar-refractivity contribution in [3.05, 3.63) is 34.3 Å². The predicted octanol–water partition coefficient (Wildman–Crippen LogP) is 3.15. The lowest BCUT2D eigenvalue weighted by Crippen LogP contribution is -2.35. The molecule has 1 saturated heterocycles. The number of hydrogen-bond acceptors (Lipinski definition) is 2. The Morgan fingerprint density at radius 2 is 2.30 bits per heavy atom. The smallest absolute Gasteiger partial charge is 0.223 e. The fourth-order valence-electron chi connectivity index (χ4n) is 2.88. The van der Waals surface area contributed by atoms with E-state index in [-0.39, 0.29) is 12.5 Å². The summed E-state index contributed by atoms with van der Waals surface area (Å²) in [6, 6.07) is 8.48. The average molecular weight is 340 g/mol. The van der Waals surface area contributed by atoms with Crippen LogP contribution < -0.4 is 0 Å². The van der Waals surface area contributed by atoms with Crippen molar-refractivity contribution in [1.82, 2.24) is 4.90 Å². The molecule has 1 heterocycles. The summed E-state index contributed by atoms with van der Waals surface area (Å²) in [5.41, 5.74) is 1.19. The monoisotopic (exact) mass is 339 g/mol. The van der Waals surface area contributed by atoms with Gasteiger partial charge in [-0.1, -0.05) is 28.1 Å². The number of benzene rings is 1. The minimum absolute atomic E-state index is 0.219. The number of nitrogens with zero attached hydrogens (tertiary/aromatic N) is 1. The number of hydrogen-bond donors (Lipinski definition) is 1. The normalized spacial score (nSPS) is 18.5. The summed E-state index contributed by atoms with van der Waals surface area (Å²) in [6.45, 7) is 1.10. The van der Waals surface area contributed by atoms with Crippen molar-refractivity contribution in [3.8, 4) is 0 Å². The third kappa shape index (κ3) is 4.32. The largest absolute Gasteiger partial charge is 0.396 e. The van der Waals surface area contributed by atoms with Crippen molar-refractivity contribution in [2.45, 2.75) is 44.6 Å². The fraction of sp³-hybridized carbons (Fsp3) is 0.562. The van der Waals surface area contributed by atoms with Crippen LogP contribution in [0.25, 0.3) is 0 Å². The van der Waals surface area contributed by atoms with Crippen molar-refractivity contribution in [2.75, 3.05) is 13.2 Å². The van der Waals surface area contributed by atoms with E-state index in [2.05, 4.69) is 28.1 Å².